The fourth-order valence-electron chi connectivity index (χ4n) is 2.23. The van der Waals surface area contributed by atoms with E-state index in [0.29, 0.717) is 12.2 Å². The van der Waals surface area contributed by atoms with Gasteiger partial charge >= 0.3 is 0 Å². The number of para-hydroxylation sites is 1. The molecule has 1 aliphatic heterocycles. The van der Waals surface area contributed by atoms with Gasteiger partial charge in [-0.15, -0.1) is 0 Å². The van der Waals surface area contributed by atoms with Crippen molar-refractivity contribution in [2.75, 3.05) is 38.0 Å². The fourth-order valence-corrected chi connectivity index (χ4v) is 2.23. The molecular weight excluding hydrogens is 242 g/mol. The van der Waals surface area contributed by atoms with Crippen LogP contribution in [0.25, 0.3) is 0 Å². The minimum absolute atomic E-state index is 0.0252. The number of nitrogens with one attached hydrogen (secondary N) is 2. The van der Waals surface area contributed by atoms with Crippen LogP contribution in [0.4, 0.5) is 5.69 Å². The highest BCUT2D eigenvalue weighted by Gasteiger charge is 2.13. The van der Waals surface area contributed by atoms with Gasteiger partial charge in [0.25, 0.3) is 0 Å². The summed E-state index contributed by atoms with van der Waals surface area (Å²) in [4.78, 5) is 14.2. The summed E-state index contributed by atoms with van der Waals surface area (Å²) in [5.41, 5.74) is 1.44. The number of hydrogen-bond acceptors (Lipinski definition) is 4. The van der Waals surface area contributed by atoms with Crippen LogP contribution >= 0.6 is 0 Å². The Hall–Kier alpha value is -1.43. The van der Waals surface area contributed by atoms with E-state index < -0.39 is 0 Å². The zero-order valence-corrected chi connectivity index (χ0v) is 11.1. The standard InChI is InChI=1S/C14H21N3O2/c18-11-12-4-1-2-5-13(12)16-14(19)10-17-8-3-6-15-7-9-17/h1-2,4-5,15,18H,3,6-11H2,(H,16,19). The molecule has 2 rings (SSSR count). The summed E-state index contributed by atoms with van der Waals surface area (Å²) >= 11 is 0. The molecule has 3 N–H and O–H groups in total. The SMILES string of the molecule is O=C(CN1CCCNCC1)Nc1ccccc1CO. The first-order valence-corrected chi connectivity index (χ1v) is 6.71. The van der Waals surface area contributed by atoms with Gasteiger partial charge in [0, 0.05) is 24.3 Å². The molecule has 19 heavy (non-hydrogen) atoms. The Kier molecular flexibility index (Phi) is 5.32. The van der Waals surface area contributed by atoms with Gasteiger partial charge in [-0.2, -0.15) is 0 Å². The Labute approximate surface area is 113 Å². The van der Waals surface area contributed by atoms with Crippen molar-refractivity contribution >= 4 is 11.6 Å². The summed E-state index contributed by atoms with van der Waals surface area (Å²) in [5.74, 6) is -0.0252. The maximum absolute atomic E-state index is 12.0. The van der Waals surface area contributed by atoms with Crippen LogP contribution in [0.1, 0.15) is 12.0 Å². The number of aliphatic hydroxyl groups excluding tert-OH is 1. The first kappa shape index (κ1) is 14.0. The van der Waals surface area contributed by atoms with Crippen molar-refractivity contribution in [3.8, 4) is 0 Å². The lowest BCUT2D eigenvalue weighted by Crippen LogP contribution is -2.35. The number of carbonyl (C=O) groups is 1. The van der Waals surface area contributed by atoms with Crippen molar-refractivity contribution in [1.82, 2.24) is 10.2 Å². The predicted molar refractivity (Wildman–Crippen MR) is 74.9 cm³/mol. The summed E-state index contributed by atoms with van der Waals surface area (Å²) in [7, 11) is 0. The van der Waals surface area contributed by atoms with E-state index in [4.69, 9.17) is 0 Å². The van der Waals surface area contributed by atoms with Gasteiger partial charge in [0.05, 0.1) is 13.2 Å². The fraction of sp³-hybridized carbons (Fsp3) is 0.500. The van der Waals surface area contributed by atoms with Crippen LogP contribution in [-0.4, -0.2) is 48.6 Å². The maximum atomic E-state index is 12.0. The van der Waals surface area contributed by atoms with E-state index in [1.165, 1.54) is 0 Å². The van der Waals surface area contributed by atoms with Crippen LogP contribution in [0, 0.1) is 0 Å². The van der Waals surface area contributed by atoms with Gasteiger partial charge < -0.3 is 15.7 Å². The van der Waals surface area contributed by atoms with Crippen molar-refractivity contribution in [2.45, 2.75) is 13.0 Å². The molecule has 1 saturated heterocycles. The Balaban J connectivity index is 1.89. The number of anilines is 1. The van der Waals surface area contributed by atoms with E-state index in [2.05, 4.69) is 15.5 Å². The molecule has 1 amide bonds. The summed E-state index contributed by atoms with van der Waals surface area (Å²) in [6.07, 6.45) is 1.07. The molecule has 5 nitrogen and oxygen atoms in total. The van der Waals surface area contributed by atoms with Crippen LogP contribution in [-0.2, 0) is 11.4 Å². The second kappa shape index (κ2) is 7.23. The van der Waals surface area contributed by atoms with E-state index >= 15 is 0 Å². The molecule has 5 heteroatoms. The first-order chi connectivity index (χ1) is 9.29. The van der Waals surface area contributed by atoms with Gasteiger partial charge in [-0.1, -0.05) is 18.2 Å². The van der Waals surface area contributed by atoms with Gasteiger partial charge in [-0.3, -0.25) is 9.69 Å². The third-order valence-electron chi connectivity index (χ3n) is 3.26. The number of carbonyl (C=O) groups excluding carboxylic acids is 1. The molecule has 0 spiro atoms. The third-order valence-corrected chi connectivity index (χ3v) is 3.26. The monoisotopic (exact) mass is 263 g/mol. The van der Waals surface area contributed by atoms with Crippen LogP contribution in [0.5, 0.6) is 0 Å². The smallest absolute Gasteiger partial charge is 0.238 e. The Morgan fingerprint density at radius 2 is 2.16 bits per heavy atom. The van der Waals surface area contributed by atoms with E-state index in [1.807, 2.05) is 24.3 Å². The van der Waals surface area contributed by atoms with Crippen LogP contribution < -0.4 is 10.6 Å². The van der Waals surface area contributed by atoms with Gasteiger partial charge in [-0.25, -0.2) is 0 Å². The maximum Gasteiger partial charge on any atom is 0.238 e. The first-order valence-electron chi connectivity index (χ1n) is 6.71. The molecule has 0 unspecified atom stereocenters. The highest BCUT2D eigenvalue weighted by molar-refractivity contribution is 5.92. The van der Waals surface area contributed by atoms with Gasteiger partial charge in [-0.05, 0) is 25.6 Å². The molecule has 0 saturated carbocycles. The summed E-state index contributed by atoms with van der Waals surface area (Å²) in [6, 6.07) is 7.32. The minimum atomic E-state index is -0.0654. The number of rotatable bonds is 4. The molecule has 0 atom stereocenters. The topological polar surface area (TPSA) is 64.6 Å². The van der Waals surface area contributed by atoms with Gasteiger partial charge in [0.1, 0.15) is 0 Å². The van der Waals surface area contributed by atoms with E-state index in [1.54, 1.807) is 0 Å². The largest absolute Gasteiger partial charge is 0.392 e. The highest BCUT2D eigenvalue weighted by atomic mass is 16.3. The molecule has 104 valence electrons. The molecule has 1 aromatic rings. The second-order valence-corrected chi connectivity index (χ2v) is 4.74. The third kappa shape index (κ3) is 4.31. The Bertz CT molecular complexity index is 415. The van der Waals surface area contributed by atoms with Crippen LogP contribution in [0.2, 0.25) is 0 Å². The van der Waals surface area contributed by atoms with Crippen molar-refractivity contribution in [3.63, 3.8) is 0 Å². The zero-order chi connectivity index (χ0) is 13.5. The zero-order valence-electron chi connectivity index (χ0n) is 11.1. The second-order valence-electron chi connectivity index (χ2n) is 4.74. The molecule has 0 radical (unpaired) electrons. The molecule has 1 aliphatic rings. The minimum Gasteiger partial charge on any atom is -0.392 e. The summed E-state index contributed by atoms with van der Waals surface area (Å²) in [5, 5.41) is 15.4. The molecule has 0 bridgehead atoms. The van der Waals surface area contributed by atoms with Crippen molar-refractivity contribution in [2.24, 2.45) is 0 Å². The molecular formula is C14H21N3O2. The van der Waals surface area contributed by atoms with E-state index in [-0.39, 0.29) is 12.5 Å². The Morgan fingerprint density at radius 3 is 3.00 bits per heavy atom. The molecule has 0 aromatic heterocycles. The average molecular weight is 263 g/mol. The Morgan fingerprint density at radius 1 is 1.32 bits per heavy atom. The number of benzene rings is 1. The lowest BCUT2D eigenvalue weighted by atomic mass is 10.2. The highest BCUT2D eigenvalue weighted by Crippen LogP contribution is 2.14. The van der Waals surface area contributed by atoms with Crippen LogP contribution in [0.15, 0.2) is 24.3 Å². The molecule has 1 aromatic carbocycles. The van der Waals surface area contributed by atoms with Crippen molar-refractivity contribution in [1.29, 1.82) is 0 Å². The van der Waals surface area contributed by atoms with E-state index in [9.17, 15) is 9.90 Å². The number of hydrogen-bond donors (Lipinski definition) is 3. The molecule has 1 fully saturated rings. The average Bonchev–Trinajstić information content (AvgIpc) is 2.68. The predicted octanol–water partition coefficient (Wildman–Crippen LogP) is 0.413. The van der Waals surface area contributed by atoms with Gasteiger partial charge in [0.2, 0.25) is 5.91 Å². The molecule has 0 aliphatic carbocycles. The quantitative estimate of drug-likeness (QED) is 0.736. The number of aliphatic hydroxyl groups is 1. The van der Waals surface area contributed by atoms with Crippen LogP contribution in [0.3, 0.4) is 0 Å². The lowest BCUT2D eigenvalue weighted by molar-refractivity contribution is -0.117. The van der Waals surface area contributed by atoms with Crippen molar-refractivity contribution < 1.29 is 9.90 Å². The summed E-state index contributed by atoms with van der Waals surface area (Å²) in [6.45, 7) is 4.13. The summed E-state index contributed by atoms with van der Waals surface area (Å²) < 4.78 is 0. The lowest BCUT2D eigenvalue weighted by Gasteiger charge is -2.19. The van der Waals surface area contributed by atoms with Gasteiger partial charge in [0.15, 0.2) is 0 Å². The number of nitrogens with zero attached hydrogens (tertiary/aromatic N) is 1. The molecule has 1 heterocycles. The van der Waals surface area contributed by atoms with Crippen molar-refractivity contribution in [3.05, 3.63) is 29.8 Å². The number of amides is 1. The normalized spacial score (nSPS) is 16.9. The van der Waals surface area contributed by atoms with E-state index in [0.717, 1.165) is 38.2 Å².